The summed E-state index contributed by atoms with van der Waals surface area (Å²) < 4.78 is 4.98. The van der Waals surface area contributed by atoms with E-state index in [4.69, 9.17) is 4.74 Å². The second kappa shape index (κ2) is 10.7. The van der Waals surface area contributed by atoms with Crippen LogP contribution in [0.4, 0.5) is 0 Å². The first-order valence-electron chi connectivity index (χ1n) is 10.6. The number of hydrogen-bond acceptors (Lipinski definition) is 7. The molecule has 2 N–H and O–H groups in total. The fourth-order valence-corrected chi connectivity index (χ4v) is 7.34. The number of aliphatic carboxylic acids is 1. The first-order chi connectivity index (χ1) is 14.8. The molecule has 2 heterocycles. The second-order valence-corrected chi connectivity index (χ2v) is 11.1. The molecule has 2 aliphatic heterocycles. The first kappa shape index (κ1) is 23.9. The van der Waals surface area contributed by atoms with Gasteiger partial charge in [0.25, 0.3) is 0 Å². The molecule has 0 bridgehead atoms. The smallest absolute Gasteiger partial charge is 0.326 e. The van der Waals surface area contributed by atoms with Crippen LogP contribution in [0.15, 0.2) is 30.3 Å². The van der Waals surface area contributed by atoms with Gasteiger partial charge in [-0.2, -0.15) is 0 Å². The molecule has 0 aromatic heterocycles. The number of amides is 1. The van der Waals surface area contributed by atoms with Gasteiger partial charge >= 0.3 is 11.9 Å². The van der Waals surface area contributed by atoms with Crippen LogP contribution in [-0.4, -0.2) is 74.7 Å². The van der Waals surface area contributed by atoms with E-state index in [0.717, 1.165) is 17.1 Å². The summed E-state index contributed by atoms with van der Waals surface area (Å²) in [6.07, 6.45) is 1.60. The Bertz CT molecular complexity index is 785. The number of likely N-dealkylation sites (tertiary alicyclic amines) is 1. The van der Waals surface area contributed by atoms with E-state index in [1.807, 2.05) is 30.3 Å². The van der Waals surface area contributed by atoms with Crippen LogP contribution in [0.1, 0.15) is 32.3 Å². The zero-order valence-electron chi connectivity index (χ0n) is 17.9. The van der Waals surface area contributed by atoms with Crippen molar-refractivity contribution in [2.75, 3.05) is 24.7 Å². The van der Waals surface area contributed by atoms with Crippen molar-refractivity contribution in [2.24, 2.45) is 0 Å². The minimum absolute atomic E-state index is 0.230. The fourth-order valence-electron chi connectivity index (χ4n) is 4.09. The van der Waals surface area contributed by atoms with E-state index in [9.17, 15) is 19.5 Å². The molecule has 0 radical (unpaired) electrons. The Hall–Kier alpha value is -1.71. The summed E-state index contributed by atoms with van der Waals surface area (Å²) in [4.78, 5) is 39.1. The summed E-state index contributed by atoms with van der Waals surface area (Å²) in [6, 6.07) is 7.65. The molecule has 3 rings (SSSR count). The number of carboxylic acid groups (broad SMARTS) is 1. The normalized spacial score (nSPS) is 21.7. The lowest BCUT2D eigenvalue weighted by Gasteiger charge is -2.28. The Labute approximate surface area is 191 Å². The van der Waals surface area contributed by atoms with Crippen LogP contribution < -0.4 is 5.32 Å². The molecule has 0 aliphatic carbocycles. The average molecular weight is 467 g/mol. The Balaban J connectivity index is 1.67. The molecule has 7 nitrogen and oxygen atoms in total. The molecule has 1 aromatic carbocycles. The standard InChI is InChI=1S/C22H30N2O5S2/c1-3-29-21(28)17(10-9-16-7-5-4-6-8-16)23-15(2)19(25)24-14-22(30-11-12-31-22)13-18(24)20(26)27/h4-8,15,17-18,23H,3,9-14H2,1-2H3,(H,26,27)/t15-,17+,18+/m1/s1. The number of rotatable bonds is 9. The number of carbonyl (C=O) groups is 3. The van der Waals surface area contributed by atoms with Gasteiger partial charge < -0.3 is 14.7 Å². The summed E-state index contributed by atoms with van der Waals surface area (Å²) in [7, 11) is 0. The number of carbonyl (C=O) groups excluding carboxylic acids is 2. The minimum Gasteiger partial charge on any atom is -0.480 e. The molecular formula is C22H30N2O5S2. The average Bonchev–Trinajstić information content (AvgIpc) is 3.38. The van der Waals surface area contributed by atoms with Crippen LogP contribution in [-0.2, 0) is 25.5 Å². The molecule has 3 atom stereocenters. The molecule has 9 heteroatoms. The molecule has 2 fully saturated rings. The maximum absolute atomic E-state index is 13.2. The van der Waals surface area contributed by atoms with Crippen molar-refractivity contribution in [1.29, 1.82) is 0 Å². The lowest BCUT2D eigenvalue weighted by Crippen LogP contribution is -2.53. The number of carboxylic acids is 1. The molecular weight excluding hydrogens is 436 g/mol. The third kappa shape index (κ3) is 5.96. The molecule has 0 unspecified atom stereocenters. The number of hydrogen-bond donors (Lipinski definition) is 2. The Morgan fingerprint density at radius 2 is 1.94 bits per heavy atom. The van der Waals surface area contributed by atoms with Crippen molar-refractivity contribution in [1.82, 2.24) is 10.2 Å². The van der Waals surface area contributed by atoms with E-state index in [-0.39, 0.29) is 16.6 Å². The molecule has 2 saturated heterocycles. The van der Waals surface area contributed by atoms with Crippen molar-refractivity contribution in [3.05, 3.63) is 35.9 Å². The largest absolute Gasteiger partial charge is 0.480 e. The van der Waals surface area contributed by atoms with Gasteiger partial charge in [0.15, 0.2) is 0 Å². The highest BCUT2D eigenvalue weighted by atomic mass is 32.2. The van der Waals surface area contributed by atoms with Gasteiger partial charge in [0.2, 0.25) is 5.91 Å². The topological polar surface area (TPSA) is 95.9 Å². The number of thioether (sulfide) groups is 2. The third-order valence-electron chi connectivity index (χ3n) is 5.63. The van der Waals surface area contributed by atoms with Crippen LogP contribution in [0, 0.1) is 0 Å². The van der Waals surface area contributed by atoms with Crippen molar-refractivity contribution in [2.45, 2.75) is 55.3 Å². The van der Waals surface area contributed by atoms with Crippen molar-refractivity contribution in [3.63, 3.8) is 0 Å². The third-order valence-corrected chi connectivity index (χ3v) is 9.06. The summed E-state index contributed by atoms with van der Waals surface area (Å²) in [5.41, 5.74) is 1.10. The maximum Gasteiger partial charge on any atom is 0.326 e. The number of aryl methyl sites for hydroxylation is 1. The fraction of sp³-hybridized carbons (Fsp3) is 0.591. The molecule has 31 heavy (non-hydrogen) atoms. The zero-order valence-corrected chi connectivity index (χ0v) is 19.5. The van der Waals surface area contributed by atoms with E-state index >= 15 is 0 Å². The number of benzene rings is 1. The van der Waals surface area contributed by atoms with Crippen LogP contribution in [0.2, 0.25) is 0 Å². The van der Waals surface area contributed by atoms with Crippen LogP contribution in [0.5, 0.6) is 0 Å². The van der Waals surface area contributed by atoms with Gasteiger partial charge in [-0.15, -0.1) is 23.5 Å². The maximum atomic E-state index is 13.2. The number of esters is 1. The van der Waals surface area contributed by atoms with Gasteiger partial charge in [0.05, 0.1) is 16.7 Å². The number of nitrogens with zero attached hydrogens (tertiary/aromatic N) is 1. The van der Waals surface area contributed by atoms with E-state index in [1.165, 1.54) is 4.90 Å². The molecule has 1 aromatic rings. The van der Waals surface area contributed by atoms with Crippen molar-refractivity contribution >= 4 is 41.4 Å². The second-order valence-electron chi connectivity index (χ2n) is 7.85. The predicted octanol–water partition coefficient (Wildman–Crippen LogP) is 2.39. The SMILES string of the molecule is CCOC(=O)[C@H](CCc1ccccc1)N[C@H](C)C(=O)N1CC2(C[C@H]1C(=O)O)SCCS2. The van der Waals surface area contributed by atoms with E-state index in [0.29, 0.717) is 25.8 Å². The highest BCUT2D eigenvalue weighted by molar-refractivity contribution is 8.21. The van der Waals surface area contributed by atoms with Gasteiger partial charge in [-0.1, -0.05) is 30.3 Å². The quantitative estimate of drug-likeness (QED) is 0.536. The predicted molar refractivity (Wildman–Crippen MR) is 123 cm³/mol. The number of nitrogens with one attached hydrogen (secondary N) is 1. The van der Waals surface area contributed by atoms with Gasteiger partial charge in [0.1, 0.15) is 12.1 Å². The van der Waals surface area contributed by atoms with Crippen molar-refractivity contribution in [3.8, 4) is 0 Å². The minimum atomic E-state index is -0.975. The zero-order chi connectivity index (χ0) is 22.4. The van der Waals surface area contributed by atoms with Crippen LogP contribution in [0.3, 0.4) is 0 Å². The summed E-state index contributed by atoms with van der Waals surface area (Å²) >= 11 is 3.50. The van der Waals surface area contributed by atoms with E-state index < -0.39 is 30.1 Å². The molecule has 1 spiro atoms. The lowest BCUT2D eigenvalue weighted by atomic mass is 10.0. The van der Waals surface area contributed by atoms with Gasteiger partial charge in [-0.25, -0.2) is 4.79 Å². The highest BCUT2D eigenvalue weighted by Gasteiger charge is 2.52. The lowest BCUT2D eigenvalue weighted by molar-refractivity contribution is -0.150. The Morgan fingerprint density at radius 3 is 2.55 bits per heavy atom. The Morgan fingerprint density at radius 1 is 1.26 bits per heavy atom. The van der Waals surface area contributed by atoms with Crippen molar-refractivity contribution < 1.29 is 24.2 Å². The molecule has 1 amide bonds. The molecule has 2 aliphatic rings. The first-order valence-corrected chi connectivity index (χ1v) is 12.6. The van der Waals surface area contributed by atoms with Gasteiger partial charge in [-0.05, 0) is 32.3 Å². The monoisotopic (exact) mass is 466 g/mol. The van der Waals surface area contributed by atoms with Gasteiger partial charge in [0, 0.05) is 24.5 Å². The number of ether oxygens (including phenoxy) is 1. The van der Waals surface area contributed by atoms with E-state index in [2.05, 4.69) is 5.32 Å². The summed E-state index contributed by atoms with van der Waals surface area (Å²) in [6.45, 7) is 4.11. The highest BCUT2D eigenvalue weighted by Crippen LogP contribution is 2.51. The molecule has 170 valence electrons. The van der Waals surface area contributed by atoms with Crippen LogP contribution in [0.25, 0.3) is 0 Å². The van der Waals surface area contributed by atoms with Crippen LogP contribution >= 0.6 is 23.5 Å². The summed E-state index contributed by atoms with van der Waals surface area (Å²) in [5, 5.41) is 12.8. The molecule has 0 saturated carbocycles. The van der Waals surface area contributed by atoms with Gasteiger partial charge in [-0.3, -0.25) is 14.9 Å². The van der Waals surface area contributed by atoms with E-state index in [1.54, 1.807) is 37.4 Å². The Kier molecular flexibility index (Phi) is 8.30. The summed E-state index contributed by atoms with van der Waals surface area (Å²) in [5.74, 6) is 0.282.